The molecular weight excluding hydrogens is 248 g/mol. The van der Waals surface area contributed by atoms with Gasteiger partial charge >= 0.3 is 5.82 Å². The molecule has 2 aromatic rings. The average Bonchev–Trinajstić information content (AvgIpc) is 2.89. The third kappa shape index (κ3) is 3.29. The smallest absolute Gasteiger partial charge is 0.381 e. The fraction of sp³-hybridized carbons (Fsp3) is 0.167. The van der Waals surface area contributed by atoms with Gasteiger partial charge in [-0.05, 0) is 34.2 Å². The van der Waals surface area contributed by atoms with E-state index in [9.17, 15) is 10.1 Å². The van der Waals surface area contributed by atoms with Gasteiger partial charge in [0.05, 0.1) is 18.2 Å². The number of rotatable bonds is 5. The Bertz CT molecular complexity index is 613. The molecule has 0 atom stereocenters. The van der Waals surface area contributed by atoms with Crippen molar-refractivity contribution in [2.75, 3.05) is 6.61 Å². The van der Waals surface area contributed by atoms with Gasteiger partial charge in [-0.25, -0.2) is 0 Å². The highest BCUT2D eigenvalue weighted by atomic mass is 16.6. The number of hydrogen-bond acceptors (Lipinski definition) is 5. The maximum atomic E-state index is 10.4. The lowest BCUT2D eigenvalue weighted by Crippen LogP contribution is -2.06. The van der Waals surface area contributed by atoms with E-state index in [-0.39, 0.29) is 5.82 Å². The summed E-state index contributed by atoms with van der Waals surface area (Å²) in [7, 11) is 0. The maximum absolute atomic E-state index is 10.4. The van der Waals surface area contributed by atoms with Crippen molar-refractivity contribution in [2.24, 2.45) is 0 Å². The van der Waals surface area contributed by atoms with Gasteiger partial charge in [-0.1, -0.05) is 0 Å². The molecule has 0 fully saturated rings. The van der Waals surface area contributed by atoms with Gasteiger partial charge in [-0.2, -0.15) is 5.26 Å². The topological polar surface area (TPSA) is 94.0 Å². The summed E-state index contributed by atoms with van der Waals surface area (Å²) in [5, 5.41) is 19.1. The Balaban J connectivity index is 1.85. The molecule has 0 saturated heterocycles. The molecule has 0 saturated carbocycles. The van der Waals surface area contributed by atoms with Gasteiger partial charge in [0.25, 0.3) is 0 Å². The molecule has 0 aliphatic heterocycles. The molecule has 0 spiro atoms. The molecule has 7 nitrogen and oxygen atoms in total. The van der Waals surface area contributed by atoms with Crippen molar-refractivity contribution < 1.29 is 9.66 Å². The highest BCUT2D eigenvalue weighted by Gasteiger charge is 2.09. The Morgan fingerprint density at radius 2 is 2.16 bits per heavy atom. The average molecular weight is 258 g/mol. The van der Waals surface area contributed by atoms with E-state index >= 15 is 0 Å². The summed E-state index contributed by atoms with van der Waals surface area (Å²) in [6, 6.07) is 8.75. The highest BCUT2D eigenvalue weighted by Crippen LogP contribution is 2.12. The lowest BCUT2D eigenvalue weighted by Gasteiger charge is -2.05. The normalized spacial score (nSPS) is 9.84. The van der Waals surface area contributed by atoms with Gasteiger partial charge < -0.3 is 19.4 Å². The first-order chi connectivity index (χ1) is 9.19. The second-order valence-corrected chi connectivity index (χ2v) is 3.71. The zero-order chi connectivity index (χ0) is 13.7. The van der Waals surface area contributed by atoms with E-state index in [1.54, 1.807) is 28.8 Å². The van der Waals surface area contributed by atoms with Crippen LogP contribution in [0.5, 0.6) is 5.75 Å². The molecule has 1 aromatic heterocycles. The number of nitro groups is 1. The molecule has 0 radical (unpaired) electrons. The quantitative estimate of drug-likeness (QED) is 0.601. The van der Waals surface area contributed by atoms with Crippen LogP contribution >= 0.6 is 0 Å². The number of imidazole rings is 1. The van der Waals surface area contributed by atoms with Gasteiger partial charge in [-0.15, -0.1) is 0 Å². The first kappa shape index (κ1) is 12.6. The summed E-state index contributed by atoms with van der Waals surface area (Å²) in [5.41, 5.74) is 0.567. The molecule has 1 aromatic carbocycles. The summed E-state index contributed by atoms with van der Waals surface area (Å²) in [6.45, 7) is 0.820. The zero-order valence-corrected chi connectivity index (χ0v) is 9.89. The highest BCUT2D eigenvalue weighted by molar-refractivity contribution is 5.34. The van der Waals surface area contributed by atoms with Crippen molar-refractivity contribution in [3.8, 4) is 11.8 Å². The monoisotopic (exact) mass is 258 g/mol. The molecule has 0 N–H and O–H groups in total. The van der Waals surface area contributed by atoms with Gasteiger partial charge in [0.1, 0.15) is 18.6 Å². The van der Waals surface area contributed by atoms with E-state index in [0.717, 1.165) is 0 Å². The summed E-state index contributed by atoms with van der Waals surface area (Å²) >= 11 is 0. The molecule has 19 heavy (non-hydrogen) atoms. The van der Waals surface area contributed by atoms with Crippen molar-refractivity contribution in [2.45, 2.75) is 6.54 Å². The third-order valence-electron chi connectivity index (χ3n) is 2.41. The lowest BCUT2D eigenvalue weighted by atomic mass is 10.2. The van der Waals surface area contributed by atoms with E-state index in [2.05, 4.69) is 4.98 Å². The molecule has 0 aliphatic rings. The van der Waals surface area contributed by atoms with E-state index in [1.807, 2.05) is 6.07 Å². The van der Waals surface area contributed by atoms with E-state index in [1.165, 1.54) is 12.5 Å². The van der Waals surface area contributed by atoms with Crippen LogP contribution < -0.4 is 4.74 Å². The third-order valence-corrected chi connectivity index (χ3v) is 2.41. The van der Waals surface area contributed by atoms with Crippen molar-refractivity contribution in [3.63, 3.8) is 0 Å². The summed E-state index contributed by atoms with van der Waals surface area (Å²) in [5.74, 6) is 0.465. The molecule has 0 unspecified atom stereocenters. The Morgan fingerprint density at radius 1 is 1.42 bits per heavy atom. The summed E-state index contributed by atoms with van der Waals surface area (Å²) in [6.07, 6.45) is 2.74. The Kier molecular flexibility index (Phi) is 3.73. The predicted molar refractivity (Wildman–Crippen MR) is 65.5 cm³/mol. The molecule has 0 bridgehead atoms. The number of ether oxygens (including phenoxy) is 1. The second-order valence-electron chi connectivity index (χ2n) is 3.71. The van der Waals surface area contributed by atoms with Gasteiger partial charge in [0, 0.05) is 0 Å². The Labute approximate surface area is 108 Å². The van der Waals surface area contributed by atoms with Crippen LogP contribution in [-0.4, -0.2) is 21.1 Å². The number of nitriles is 1. The molecule has 0 amide bonds. The van der Waals surface area contributed by atoms with Crippen LogP contribution in [0.3, 0.4) is 0 Å². The van der Waals surface area contributed by atoms with Crippen LogP contribution in [0.25, 0.3) is 0 Å². The maximum Gasteiger partial charge on any atom is 0.381 e. The van der Waals surface area contributed by atoms with Gasteiger partial charge in [0.15, 0.2) is 0 Å². The Hall–Kier alpha value is -2.88. The molecule has 1 heterocycles. The predicted octanol–water partition coefficient (Wildman–Crippen LogP) is 1.74. The van der Waals surface area contributed by atoms with Crippen molar-refractivity contribution in [1.82, 2.24) is 9.55 Å². The van der Waals surface area contributed by atoms with E-state index in [4.69, 9.17) is 10.00 Å². The standard InChI is InChI=1S/C12H10N4O3/c13-7-10-1-3-11(4-2-10)19-6-5-15-8-12(14-9-15)16(17)18/h1-4,8-9H,5-6H2. The van der Waals surface area contributed by atoms with Gasteiger partial charge in [-0.3, -0.25) is 0 Å². The number of nitrogens with zero attached hydrogens (tertiary/aromatic N) is 4. The van der Waals surface area contributed by atoms with E-state index < -0.39 is 4.92 Å². The van der Waals surface area contributed by atoms with Crippen LogP contribution in [0.4, 0.5) is 5.82 Å². The van der Waals surface area contributed by atoms with Crippen LogP contribution in [0.2, 0.25) is 0 Å². The number of hydrogen-bond donors (Lipinski definition) is 0. The van der Waals surface area contributed by atoms with Crippen molar-refractivity contribution in [3.05, 3.63) is 52.5 Å². The number of aromatic nitrogens is 2. The largest absolute Gasteiger partial charge is 0.492 e. The number of benzene rings is 1. The fourth-order valence-electron chi connectivity index (χ4n) is 1.46. The van der Waals surface area contributed by atoms with Crippen molar-refractivity contribution >= 4 is 5.82 Å². The minimum Gasteiger partial charge on any atom is -0.492 e. The van der Waals surface area contributed by atoms with Crippen LogP contribution in [0.1, 0.15) is 5.56 Å². The second kappa shape index (κ2) is 5.64. The van der Waals surface area contributed by atoms with Gasteiger partial charge in [0.2, 0.25) is 6.33 Å². The molecule has 96 valence electrons. The molecule has 2 rings (SSSR count). The van der Waals surface area contributed by atoms with E-state index in [0.29, 0.717) is 24.5 Å². The molecule has 0 aliphatic carbocycles. The first-order valence-corrected chi connectivity index (χ1v) is 5.48. The lowest BCUT2D eigenvalue weighted by molar-refractivity contribution is -0.389. The first-order valence-electron chi connectivity index (χ1n) is 5.48. The van der Waals surface area contributed by atoms with Crippen molar-refractivity contribution in [1.29, 1.82) is 5.26 Å². The summed E-state index contributed by atoms with van der Waals surface area (Å²) < 4.78 is 7.04. The SMILES string of the molecule is N#Cc1ccc(OCCn2cnc([N+](=O)[O-])c2)cc1. The van der Waals surface area contributed by atoms with Crippen LogP contribution in [0, 0.1) is 21.4 Å². The van der Waals surface area contributed by atoms with Crippen LogP contribution in [0.15, 0.2) is 36.8 Å². The zero-order valence-electron chi connectivity index (χ0n) is 9.89. The minimum atomic E-state index is -0.544. The summed E-state index contributed by atoms with van der Waals surface area (Å²) in [4.78, 5) is 13.5. The Morgan fingerprint density at radius 3 is 2.74 bits per heavy atom. The molecular formula is C12H10N4O3. The minimum absolute atomic E-state index is 0.182. The van der Waals surface area contributed by atoms with Crippen LogP contribution in [-0.2, 0) is 6.54 Å². The fourth-order valence-corrected chi connectivity index (χ4v) is 1.46. The molecule has 7 heteroatoms.